The molecule has 0 aliphatic heterocycles. The lowest BCUT2D eigenvalue weighted by molar-refractivity contribution is -0.116. The molecule has 2 N–H and O–H groups in total. The van der Waals surface area contributed by atoms with E-state index in [2.05, 4.69) is 15.0 Å². The topological polar surface area (TPSA) is 101 Å². The zero-order chi connectivity index (χ0) is 21.8. The van der Waals surface area contributed by atoms with Gasteiger partial charge in [-0.05, 0) is 42.5 Å². The number of amides is 1. The second-order valence-corrected chi connectivity index (χ2v) is 8.42. The van der Waals surface area contributed by atoms with Crippen LogP contribution in [0, 0.1) is 5.82 Å². The molecule has 1 heterocycles. The predicted molar refractivity (Wildman–Crippen MR) is 115 cm³/mol. The summed E-state index contributed by atoms with van der Waals surface area (Å²) in [4.78, 5) is 16.5. The van der Waals surface area contributed by atoms with E-state index < -0.39 is 15.8 Å². The van der Waals surface area contributed by atoms with Crippen LogP contribution in [0.15, 0.2) is 82.1 Å². The molecule has 0 radical (unpaired) electrons. The van der Waals surface area contributed by atoms with Gasteiger partial charge < -0.3 is 9.73 Å². The van der Waals surface area contributed by atoms with Crippen molar-refractivity contribution in [1.82, 2.24) is 4.98 Å². The number of halogens is 1. The molecule has 158 valence electrons. The lowest BCUT2D eigenvalue weighted by Gasteiger charge is -2.10. The SMILES string of the molecule is O=C(CCc1nc2ccccc2o1)Nc1cccc(S(=O)(=O)Nc2ccccc2F)c1. The van der Waals surface area contributed by atoms with Gasteiger partial charge in [-0.2, -0.15) is 0 Å². The highest BCUT2D eigenvalue weighted by atomic mass is 32.2. The Morgan fingerprint density at radius 2 is 1.77 bits per heavy atom. The maximum absolute atomic E-state index is 13.8. The van der Waals surface area contributed by atoms with Gasteiger partial charge in [0.25, 0.3) is 10.0 Å². The molecule has 0 unspecified atom stereocenters. The van der Waals surface area contributed by atoms with Crippen molar-refractivity contribution in [3.05, 3.63) is 84.5 Å². The first-order valence-corrected chi connectivity index (χ1v) is 10.9. The smallest absolute Gasteiger partial charge is 0.262 e. The van der Waals surface area contributed by atoms with Gasteiger partial charge >= 0.3 is 0 Å². The van der Waals surface area contributed by atoms with Gasteiger partial charge in [0, 0.05) is 18.5 Å². The molecule has 0 saturated carbocycles. The molecule has 0 bridgehead atoms. The van der Waals surface area contributed by atoms with Crippen LogP contribution < -0.4 is 10.0 Å². The summed E-state index contributed by atoms with van der Waals surface area (Å²) in [6, 6.07) is 18.5. The molecule has 7 nitrogen and oxygen atoms in total. The van der Waals surface area contributed by atoms with Crippen molar-refractivity contribution >= 4 is 38.4 Å². The number of carbonyl (C=O) groups is 1. The largest absolute Gasteiger partial charge is 0.441 e. The summed E-state index contributed by atoms with van der Waals surface area (Å²) in [5.41, 5.74) is 1.52. The highest BCUT2D eigenvalue weighted by Gasteiger charge is 2.17. The molecule has 9 heteroatoms. The van der Waals surface area contributed by atoms with E-state index in [9.17, 15) is 17.6 Å². The molecule has 31 heavy (non-hydrogen) atoms. The second-order valence-electron chi connectivity index (χ2n) is 6.74. The molecular weight excluding hydrogens is 421 g/mol. The van der Waals surface area contributed by atoms with Crippen molar-refractivity contribution in [2.45, 2.75) is 17.7 Å². The monoisotopic (exact) mass is 439 g/mol. The van der Waals surface area contributed by atoms with Crippen LogP contribution in [0.3, 0.4) is 0 Å². The highest BCUT2D eigenvalue weighted by Crippen LogP contribution is 2.21. The van der Waals surface area contributed by atoms with Crippen LogP contribution >= 0.6 is 0 Å². The Labute approximate surface area is 178 Å². The number of aryl methyl sites for hydroxylation is 1. The molecule has 4 rings (SSSR count). The third kappa shape index (κ3) is 4.89. The first-order valence-electron chi connectivity index (χ1n) is 9.42. The lowest BCUT2D eigenvalue weighted by Crippen LogP contribution is -2.16. The van der Waals surface area contributed by atoms with Gasteiger partial charge in [0.05, 0.1) is 10.6 Å². The van der Waals surface area contributed by atoms with E-state index in [4.69, 9.17) is 4.42 Å². The third-order valence-electron chi connectivity index (χ3n) is 4.45. The number of oxazole rings is 1. The van der Waals surface area contributed by atoms with Crippen LogP contribution in [0.4, 0.5) is 15.8 Å². The van der Waals surface area contributed by atoms with Gasteiger partial charge in [-0.1, -0.05) is 30.3 Å². The Kier molecular flexibility index (Phi) is 5.68. The van der Waals surface area contributed by atoms with Gasteiger partial charge in [0.15, 0.2) is 11.5 Å². The minimum Gasteiger partial charge on any atom is -0.441 e. The average Bonchev–Trinajstić information content (AvgIpc) is 3.17. The summed E-state index contributed by atoms with van der Waals surface area (Å²) in [5.74, 6) is -0.560. The van der Waals surface area contributed by atoms with E-state index in [-0.39, 0.29) is 22.9 Å². The van der Waals surface area contributed by atoms with E-state index in [1.54, 1.807) is 12.1 Å². The Bertz CT molecular complexity index is 1320. The number of carbonyl (C=O) groups excluding carboxylic acids is 1. The minimum atomic E-state index is -4.03. The average molecular weight is 439 g/mol. The first-order chi connectivity index (χ1) is 14.9. The quantitative estimate of drug-likeness (QED) is 0.446. The van der Waals surface area contributed by atoms with Crippen molar-refractivity contribution in [2.75, 3.05) is 10.0 Å². The molecule has 4 aromatic rings. The molecule has 1 aromatic heterocycles. The number of rotatable bonds is 7. The number of aromatic nitrogens is 1. The van der Waals surface area contributed by atoms with Crippen LogP contribution in [0.1, 0.15) is 12.3 Å². The zero-order valence-electron chi connectivity index (χ0n) is 16.2. The fourth-order valence-electron chi connectivity index (χ4n) is 2.96. The number of hydrogen-bond acceptors (Lipinski definition) is 5. The van der Waals surface area contributed by atoms with Gasteiger partial charge in [-0.15, -0.1) is 0 Å². The van der Waals surface area contributed by atoms with Gasteiger partial charge in [0.1, 0.15) is 11.3 Å². The van der Waals surface area contributed by atoms with E-state index >= 15 is 0 Å². The number of benzene rings is 3. The van der Waals surface area contributed by atoms with E-state index in [1.165, 1.54) is 36.4 Å². The zero-order valence-corrected chi connectivity index (χ0v) is 17.0. The van der Waals surface area contributed by atoms with Crippen LogP contribution in [-0.2, 0) is 21.2 Å². The molecule has 0 saturated heterocycles. The second kappa shape index (κ2) is 8.57. The number of fused-ring (bicyclic) bond motifs is 1. The number of hydrogen-bond donors (Lipinski definition) is 2. The number of sulfonamides is 1. The molecule has 0 atom stereocenters. The maximum atomic E-state index is 13.8. The Balaban J connectivity index is 1.41. The van der Waals surface area contributed by atoms with Crippen LogP contribution in [-0.4, -0.2) is 19.3 Å². The number of para-hydroxylation sites is 3. The van der Waals surface area contributed by atoms with Gasteiger partial charge in [-0.3, -0.25) is 9.52 Å². The van der Waals surface area contributed by atoms with Crippen LogP contribution in [0.25, 0.3) is 11.1 Å². The number of anilines is 2. The van der Waals surface area contributed by atoms with Crippen molar-refractivity contribution in [2.24, 2.45) is 0 Å². The molecule has 3 aromatic carbocycles. The van der Waals surface area contributed by atoms with Gasteiger partial charge in [0.2, 0.25) is 5.91 Å². The number of nitrogens with one attached hydrogen (secondary N) is 2. The fraction of sp³-hybridized carbons (Fsp3) is 0.0909. The summed E-state index contributed by atoms with van der Waals surface area (Å²) >= 11 is 0. The predicted octanol–water partition coefficient (Wildman–Crippen LogP) is 4.34. The summed E-state index contributed by atoms with van der Waals surface area (Å²) in [6.45, 7) is 0. The lowest BCUT2D eigenvalue weighted by atomic mass is 10.2. The fourth-order valence-corrected chi connectivity index (χ4v) is 4.07. The normalized spacial score (nSPS) is 11.4. The Morgan fingerprint density at radius 3 is 2.58 bits per heavy atom. The molecule has 0 fully saturated rings. The molecular formula is C22H18FN3O4S. The van der Waals surface area contributed by atoms with Crippen molar-refractivity contribution < 1.29 is 22.0 Å². The Hall–Kier alpha value is -3.72. The summed E-state index contributed by atoms with van der Waals surface area (Å²) in [7, 11) is -4.03. The molecule has 1 amide bonds. The first kappa shape index (κ1) is 20.5. The molecule has 0 aliphatic rings. The van der Waals surface area contributed by atoms with E-state index in [0.717, 1.165) is 11.6 Å². The van der Waals surface area contributed by atoms with E-state index in [0.29, 0.717) is 23.6 Å². The highest BCUT2D eigenvalue weighted by molar-refractivity contribution is 7.92. The Morgan fingerprint density at radius 1 is 1.00 bits per heavy atom. The van der Waals surface area contributed by atoms with Crippen molar-refractivity contribution in [3.63, 3.8) is 0 Å². The van der Waals surface area contributed by atoms with E-state index in [1.807, 2.05) is 18.2 Å². The van der Waals surface area contributed by atoms with Crippen LogP contribution in [0.5, 0.6) is 0 Å². The number of nitrogens with zero attached hydrogens (tertiary/aromatic N) is 1. The standard InChI is InChI=1S/C22H18FN3O4S/c23-17-8-1-2-9-18(17)26-31(28,29)16-7-5-6-15(14-16)24-21(27)12-13-22-25-19-10-3-4-11-20(19)30-22/h1-11,14,26H,12-13H2,(H,24,27). The minimum absolute atomic E-state index is 0.104. The van der Waals surface area contributed by atoms with Crippen LogP contribution in [0.2, 0.25) is 0 Å². The molecule has 0 aliphatic carbocycles. The summed E-state index contributed by atoms with van der Waals surface area (Å²) < 4.78 is 46.7. The van der Waals surface area contributed by atoms with Crippen molar-refractivity contribution in [1.29, 1.82) is 0 Å². The third-order valence-corrected chi connectivity index (χ3v) is 5.81. The molecule has 0 spiro atoms. The maximum Gasteiger partial charge on any atom is 0.262 e. The van der Waals surface area contributed by atoms with Crippen molar-refractivity contribution in [3.8, 4) is 0 Å². The van der Waals surface area contributed by atoms with Gasteiger partial charge in [-0.25, -0.2) is 17.8 Å². The summed E-state index contributed by atoms with van der Waals surface area (Å²) in [6.07, 6.45) is 0.407. The summed E-state index contributed by atoms with van der Waals surface area (Å²) in [5, 5.41) is 2.66.